The van der Waals surface area contributed by atoms with E-state index in [4.69, 9.17) is 0 Å². The van der Waals surface area contributed by atoms with Crippen LogP contribution >= 0.6 is 0 Å². The molecule has 0 unspecified atom stereocenters. The SMILES string of the molecule is CCCC[Se]c1c(-c2ccccc2)[se]c(C(=O)c2ccccc2)c1-c1ccc(C)cc1. The summed E-state index contributed by atoms with van der Waals surface area (Å²) in [7, 11) is 0. The van der Waals surface area contributed by atoms with Crippen LogP contribution in [0.15, 0.2) is 84.9 Å². The third-order valence-electron chi connectivity index (χ3n) is 5.23. The second-order valence-electron chi connectivity index (χ2n) is 7.59. The summed E-state index contributed by atoms with van der Waals surface area (Å²) in [6, 6.07) is 29.2. The third-order valence-corrected chi connectivity index (χ3v) is 11.0. The van der Waals surface area contributed by atoms with Gasteiger partial charge in [-0.2, -0.15) is 0 Å². The number of carbonyl (C=O) groups excluding carboxylic acids is 1. The van der Waals surface area contributed by atoms with Crippen LogP contribution in [0.5, 0.6) is 0 Å². The normalized spacial score (nSPS) is 10.9. The van der Waals surface area contributed by atoms with Crippen molar-refractivity contribution in [2.45, 2.75) is 32.0 Å². The van der Waals surface area contributed by atoms with Gasteiger partial charge < -0.3 is 0 Å². The minimum absolute atomic E-state index is 0.00219. The fourth-order valence-electron chi connectivity index (χ4n) is 3.51. The number of unbranched alkanes of at least 4 members (excludes halogenated alkanes) is 1. The Morgan fingerprint density at radius 3 is 2.13 bits per heavy atom. The Kier molecular flexibility index (Phi) is 7.43. The molecule has 4 rings (SSSR count). The molecule has 0 aliphatic heterocycles. The molecule has 0 bridgehead atoms. The first-order chi connectivity index (χ1) is 15.2. The Bertz CT molecular complexity index is 1140. The van der Waals surface area contributed by atoms with Gasteiger partial charge in [0.2, 0.25) is 0 Å². The summed E-state index contributed by atoms with van der Waals surface area (Å²) in [5.41, 5.74) is 5.71. The van der Waals surface area contributed by atoms with Gasteiger partial charge in [0.15, 0.2) is 0 Å². The summed E-state index contributed by atoms with van der Waals surface area (Å²) >= 11 is 0.347. The molecule has 0 aliphatic rings. The average Bonchev–Trinajstić information content (AvgIpc) is 3.20. The van der Waals surface area contributed by atoms with Crippen LogP contribution in [0.4, 0.5) is 0 Å². The molecule has 31 heavy (non-hydrogen) atoms. The van der Waals surface area contributed by atoms with Crippen LogP contribution in [-0.4, -0.2) is 35.2 Å². The van der Waals surface area contributed by atoms with Gasteiger partial charge in [-0.1, -0.05) is 0 Å². The van der Waals surface area contributed by atoms with E-state index >= 15 is 0 Å². The van der Waals surface area contributed by atoms with Gasteiger partial charge in [-0.05, 0) is 0 Å². The Hall–Kier alpha value is -2.15. The van der Waals surface area contributed by atoms with Gasteiger partial charge in [0.05, 0.1) is 0 Å². The molecule has 1 heterocycles. The fourth-order valence-corrected chi connectivity index (χ4v) is 10.0. The van der Waals surface area contributed by atoms with Crippen molar-refractivity contribution in [3.05, 3.63) is 100 Å². The maximum absolute atomic E-state index is 13.7. The molecule has 0 spiro atoms. The molecule has 3 aromatic carbocycles. The summed E-state index contributed by atoms with van der Waals surface area (Å²) in [5, 5.41) is 1.22. The number of carbonyl (C=O) groups is 1. The molecule has 1 nitrogen and oxygen atoms in total. The molecule has 0 atom stereocenters. The Morgan fingerprint density at radius 1 is 0.839 bits per heavy atom. The van der Waals surface area contributed by atoms with Gasteiger partial charge in [-0.25, -0.2) is 0 Å². The van der Waals surface area contributed by atoms with Gasteiger partial charge in [-0.15, -0.1) is 0 Å². The monoisotopic (exact) mass is 538 g/mol. The van der Waals surface area contributed by atoms with Crippen LogP contribution in [0.3, 0.4) is 0 Å². The second-order valence-corrected chi connectivity index (χ2v) is 12.1. The van der Waals surface area contributed by atoms with Crippen molar-refractivity contribution in [3.8, 4) is 21.1 Å². The predicted molar refractivity (Wildman–Crippen MR) is 134 cm³/mol. The van der Waals surface area contributed by atoms with Gasteiger partial charge in [0.25, 0.3) is 0 Å². The maximum atomic E-state index is 13.7. The average molecular weight is 536 g/mol. The molecule has 156 valence electrons. The first kappa shape index (κ1) is 22.1. The standard InChI is InChI=1S/C28H26OSe2/c1-3-4-19-30-28-24(21-17-15-20(2)16-18-21)27(25(29)22-11-7-5-8-12-22)31-26(28)23-13-9-6-10-14-23/h5-18H,3-4,19H2,1-2H3. The summed E-state index contributed by atoms with van der Waals surface area (Å²) in [6.45, 7) is 4.37. The summed E-state index contributed by atoms with van der Waals surface area (Å²) in [4.78, 5) is 13.7. The number of benzene rings is 3. The minimum atomic E-state index is -0.00219. The van der Waals surface area contributed by atoms with E-state index in [2.05, 4.69) is 68.4 Å². The zero-order chi connectivity index (χ0) is 21.6. The molecule has 0 radical (unpaired) electrons. The number of hydrogen-bond donors (Lipinski definition) is 0. The van der Waals surface area contributed by atoms with Crippen LogP contribution < -0.4 is 4.46 Å². The van der Waals surface area contributed by atoms with Crippen molar-refractivity contribution >= 4 is 39.7 Å². The first-order valence-electron chi connectivity index (χ1n) is 10.7. The van der Waals surface area contributed by atoms with Crippen molar-refractivity contribution in [2.75, 3.05) is 0 Å². The van der Waals surface area contributed by atoms with Crippen molar-refractivity contribution in [1.29, 1.82) is 0 Å². The molecule has 0 aliphatic carbocycles. The molecular formula is C28H26OSe2. The van der Waals surface area contributed by atoms with Crippen molar-refractivity contribution < 1.29 is 4.79 Å². The fraction of sp³-hybridized carbons (Fsp3) is 0.179. The predicted octanol–water partition coefficient (Wildman–Crippen LogP) is 6.16. The van der Waals surface area contributed by atoms with E-state index in [1.807, 2.05) is 30.3 Å². The number of aryl methyl sites for hydroxylation is 1. The molecule has 4 aromatic rings. The van der Waals surface area contributed by atoms with Crippen LogP contribution in [0, 0.1) is 6.92 Å². The van der Waals surface area contributed by atoms with Crippen LogP contribution in [0.25, 0.3) is 21.1 Å². The van der Waals surface area contributed by atoms with Crippen molar-refractivity contribution in [3.63, 3.8) is 0 Å². The Labute approximate surface area is 197 Å². The topological polar surface area (TPSA) is 17.1 Å². The van der Waals surface area contributed by atoms with E-state index in [0.717, 1.165) is 10.0 Å². The van der Waals surface area contributed by atoms with E-state index in [-0.39, 0.29) is 20.3 Å². The number of rotatable bonds is 8. The van der Waals surface area contributed by atoms with E-state index < -0.39 is 0 Å². The first-order valence-corrected chi connectivity index (χ1v) is 14.5. The van der Waals surface area contributed by atoms with Gasteiger partial charge in [0, 0.05) is 0 Å². The summed E-state index contributed by atoms with van der Waals surface area (Å²) in [5.74, 6) is 0.186. The van der Waals surface area contributed by atoms with Crippen LogP contribution in [0.2, 0.25) is 5.32 Å². The molecule has 0 amide bonds. The van der Waals surface area contributed by atoms with Gasteiger partial charge in [-0.3, -0.25) is 0 Å². The van der Waals surface area contributed by atoms with Crippen LogP contribution in [0.1, 0.15) is 40.1 Å². The Morgan fingerprint density at radius 2 is 1.48 bits per heavy atom. The van der Waals surface area contributed by atoms with E-state index in [0.29, 0.717) is 15.0 Å². The number of ketones is 1. The molecule has 0 saturated heterocycles. The van der Waals surface area contributed by atoms with Crippen LogP contribution in [-0.2, 0) is 0 Å². The summed E-state index contributed by atoms with van der Waals surface area (Å²) < 4.78 is 3.85. The number of hydrogen-bond acceptors (Lipinski definition) is 1. The van der Waals surface area contributed by atoms with E-state index in [1.54, 1.807) is 0 Å². The van der Waals surface area contributed by atoms with Gasteiger partial charge >= 0.3 is 198 Å². The second kappa shape index (κ2) is 10.4. The molecule has 3 heteroatoms. The van der Waals surface area contributed by atoms with Gasteiger partial charge in [0.1, 0.15) is 0 Å². The quantitative estimate of drug-likeness (QED) is 0.150. The zero-order valence-corrected chi connectivity index (χ0v) is 21.4. The van der Waals surface area contributed by atoms with Crippen molar-refractivity contribution in [1.82, 2.24) is 0 Å². The zero-order valence-electron chi connectivity index (χ0n) is 17.9. The molecule has 1 aromatic heterocycles. The Balaban J connectivity index is 1.94. The molecule has 0 N–H and O–H groups in total. The third kappa shape index (κ3) is 5.03. The molecule has 0 fully saturated rings. The molecular weight excluding hydrogens is 510 g/mol. The summed E-state index contributed by atoms with van der Waals surface area (Å²) in [6.07, 6.45) is 2.45. The van der Waals surface area contributed by atoms with E-state index in [9.17, 15) is 4.79 Å². The van der Waals surface area contributed by atoms with E-state index in [1.165, 1.54) is 49.3 Å². The molecule has 0 saturated carbocycles. The van der Waals surface area contributed by atoms with Crippen molar-refractivity contribution in [2.24, 2.45) is 0 Å².